The van der Waals surface area contributed by atoms with Crippen LogP contribution >= 0.6 is 23.2 Å². The fraction of sp³-hybridized carbons (Fsp3) is 0.500. The molecule has 102 valence electrons. The third-order valence-electron chi connectivity index (χ3n) is 2.91. The van der Waals surface area contributed by atoms with E-state index in [0.717, 1.165) is 6.26 Å². The molecule has 0 saturated carbocycles. The zero-order valence-electron chi connectivity index (χ0n) is 10.00. The van der Waals surface area contributed by atoms with Gasteiger partial charge in [0, 0.05) is 23.4 Å². The number of benzene rings is 1. The van der Waals surface area contributed by atoms with Crippen molar-refractivity contribution < 1.29 is 12.8 Å². The predicted octanol–water partition coefficient (Wildman–Crippen LogP) is 2.98. The Kier molecular flexibility index (Phi) is 5.44. The van der Waals surface area contributed by atoms with Crippen LogP contribution in [0, 0.1) is 5.82 Å². The molecule has 6 heteroatoms. The molecule has 18 heavy (non-hydrogen) atoms. The molecule has 0 saturated heterocycles. The van der Waals surface area contributed by atoms with Gasteiger partial charge in [-0.05, 0) is 18.1 Å². The highest BCUT2D eigenvalue weighted by Gasteiger charge is 2.33. The normalized spacial score (nSPS) is 12.7. The van der Waals surface area contributed by atoms with Crippen LogP contribution in [-0.2, 0) is 15.3 Å². The van der Waals surface area contributed by atoms with Crippen LogP contribution in [0.5, 0.6) is 0 Å². The van der Waals surface area contributed by atoms with E-state index < -0.39 is 21.1 Å². The Morgan fingerprint density at radius 3 is 2.22 bits per heavy atom. The summed E-state index contributed by atoms with van der Waals surface area (Å²) >= 11 is 11.8. The first kappa shape index (κ1) is 15.7. The molecule has 0 spiro atoms. The van der Waals surface area contributed by atoms with Crippen molar-refractivity contribution >= 4 is 33.0 Å². The maximum absolute atomic E-state index is 13.8. The molecule has 0 atom stereocenters. The number of hydrogen-bond acceptors (Lipinski definition) is 2. The Bertz CT molecular complexity index is 499. The van der Waals surface area contributed by atoms with Gasteiger partial charge in [0.15, 0.2) is 0 Å². The number of rotatable bonds is 6. The molecule has 0 aliphatic rings. The summed E-state index contributed by atoms with van der Waals surface area (Å²) < 4.78 is 36.3. The molecular formula is C12H15Cl2FO2S. The molecule has 0 fully saturated rings. The topological polar surface area (TPSA) is 34.1 Å². The molecule has 1 rings (SSSR count). The highest BCUT2D eigenvalue weighted by molar-refractivity contribution is 7.90. The van der Waals surface area contributed by atoms with Crippen molar-refractivity contribution in [3.05, 3.63) is 35.6 Å². The van der Waals surface area contributed by atoms with Crippen LogP contribution in [0.25, 0.3) is 0 Å². The van der Waals surface area contributed by atoms with E-state index in [4.69, 9.17) is 23.2 Å². The number of alkyl halides is 2. The number of halogens is 3. The van der Waals surface area contributed by atoms with Crippen molar-refractivity contribution in [1.82, 2.24) is 0 Å². The van der Waals surface area contributed by atoms with Gasteiger partial charge in [0.25, 0.3) is 0 Å². The Morgan fingerprint density at radius 2 is 1.78 bits per heavy atom. The van der Waals surface area contributed by atoms with E-state index in [9.17, 15) is 12.8 Å². The van der Waals surface area contributed by atoms with Crippen molar-refractivity contribution in [3.63, 3.8) is 0 Å². The van der Waals surface area contributed by atoms with Crippen molar-refractivity contribution in [1.29, 1.82) is 0 Å². The summed E-state index contributed by atoms with van der Waals surface area (Å²) in [6, 6.07) is 6.18. The van der Waals surface area contributed by atoms with E-state index >= 15 is 0 Å². The second kappa shape index (κ2) is 6.22. The van der Waals surface area contributed by atoms with Crippen molar-refractivity contribution in [3.8, 4) is 0 Å². The summed E-state index contributed by atoms with van der Waals surface area (Å²) in [5.41, 5.74) is -0.476. The van der Waals surface area contributed by atoms with Crippen LogP contribution in [0.3, 0.4) is 0 Å². The third kappa shape index (κ3) is 3.84. The average Bonchev–Trinajstić information content (AvgIpc) is 2.31. The molecule has 0 aromatic heterocycles. The fourth-order valence-electron chi connectivity index (χ4n) is 1.72. The lowest BCUT2D eigenvalue weighted by atomic mass is 9.81. The summed E-state index contributed by atoms with van der Waals surface area (Å²) in [6.45, 7) is 0. The SMILES string of the molecule is CS(=O)(=O)CCC(CCl)(CCl)c1ccccc1F. The van der Waals surface area contributed by atoms with Crippen LogP contribution < -0.4 is 0 Å². The van der Waals surface area contributed by atoms with E-state index in [1.54, 1.807) is 18.2 Å². The van der Waals surface area contributed by atoms with Gasteiger partial charge in [-0.2, -0.15) is 0 Å². The summed E-state index contributed by atoms with van der Waals surface area (Å²) in [4.78, 5) is 0. The Morgan fingerprint density at radius 1 is 1.22 bits per heavy atom. The van der Waals surface area contributed by atoms with Crippen LogP contribution in [0.1, 0.15) is 12.0 Å². The first-order valence-electron chi connectivity index (χ1n) is 5.39. The molecular weight excluding hydrogens is 298 g/mol. The maximum Gasteiger partial charge on any atom is 0.147 e. The van der Waals surface area contributed by atoms with Crippen molar-refractivity contribution in [2.45, 2.75) is 11.8 Å². The number of hydrogen-bond donors (Lipinski definition) is 0. The lowest BCUT2D eigenvalue weighted by molar-refractivity contribution is 0.477. The van der Waals surface area contributed by atoms with E-state index in [2.05, 4.69) is 0 Å². The van der Waals surface area contributed by atoms with Gasteiger partial charge in [-0.25, -0.2) is 12.8 Å². The van der Waals surface area contributed by atoms with Gasteiger partial charge in [-0.3, -0.25) is 0 Å². The quantitative estimate of drug-likeness (QED) is 0.757. The van der Waals surface area contributed by atoms with Gasteiger partial charge in [0.1, 0.15) is 15.7 Å². The lowest BCUT2D eigenvalue weighted by Crippen LogP contribution is -2.34. The first-order valence-corrected chi connectivity index (χ1v) is 8.52. The van der Waals surface area contributed by atoms with Gasteiger partial charge in [-0.15, -0.1) is 23.2 Å². The largest absolute Gasteiger partial charge is 0.229 e. The molecule has 0 heterocycles. The Labute approximate surface area is 117 Å². The van der Waals surface area contributed by atoms with E-state index in [1.165, 1.54) is 6.07 Å². The van der Waals surface area contributed by atoms with E-state index in [-0.39, 0.29) is 23.9 Å². The van der Waals surface area contributed by atoms with Gasteiger partial charge < -0.3 is 0 Å². The molecule has 0 bridgehead atoms. The summed E-state index contributed by atoms with van der Waals surface area (Å²) in [5.74, 6) is -0.326. The molecule has 0 N–H and O–H groups in total. The van der Waals surface area contributed by atoms with Crippen molar-refractivity contribution in [2.24, 2.45) is 0 Å². The maximum atomic E-state index is 13.8. The van der Waals surface area contributed by atoms with Gasteiger partial charge >= 0.3 is 0 Å². The highest BCUT2D eigenvalue weighted by Crippen LogP contribution is 2.33. The molecule has 0 radical (unpaired) electrons. The molecule has 1 aromatic carbocycles. The monoisotopic (exact) mass is 312 g/mol. The van der Waals surface area contributed by atoms with Gasteiger partial charge in [0.2, 0.25) is 0 Å². The summed E-state index contributed by atoms with van der Waals surface area (Å²) in [7, 11) is -3.14. The van der Waals surface area contributed by atoms with Crippen LogP contribution in [0.2, 0.25) is 0 Å². The Balaban J connectivity index is 3.11. The summed E-state index contributed by atoms with van der Waals surface area (Å²) in [5, 5.41) is 0. The minimum absolute atomic E-state index is 0.0687. The summed E-state index contributed by atoms with van der Waals surface area (Å²) in [6.07, 6.45) is 1.35. The zero-order chi connectivity index (χ0) is 13.8. The lowest BCUT2D eigenvalue weighted by Gasteiger charge is -2.30. The van der Waals surface area contributed by atoms with Gasteiger partial charge in [-0.1, -0.05) is 18.2 Å². The zero-order valence-corrected chi connectivity index (χ0v) is 12.3. The molecule has 0 unspecified atom stereocenters. The van der Waals surface area contributed by atoms with E-state index in [0.29, 0.717) is 5.56 Å². The highest BCUT2D eigenvalue weighted by atomic mass is 35.5. The average molecular weight is 313 g/mol. The van der Waals surface area contributed by atoms with Gasteiger partial charge in [0.05, 0.1) is 5.75 Å². The van der Waals surface area contributed by atoms with Crippen LogP contribution in [0.4, 0.5) is 4.39 Å². The minimum atomic E-state index is -3.14. The second-order valence-electron chi connectivity index (χ2n) is 4.41. The minimum Gasteiger partial charge on any atom is -0.229 e. The van der Waals surface area contributed by atoms with E-state index in [1.807, 2.05) is 0 Å². The van der Waals surface area contributed by atoms with Crippen molar-refractivity contribution in [2.75, 3.05) is 23.8 Å². The smallest absolute Gasteiger partial charge is 0.147 e. The molecule has 1 aromatic rings. The molecule has 0 aliphatic carbocycles. The van der Waals surface area contributed by atoms with Crippen LogP contribution in [0.15, 0.2) is 24.3 Å². The Hall–Kier alpha value is -0.320. The van der Waals surface area contributed by atoms with Crippen LogP contribution in [-0.4, -0.2) is 32.2 Å². The predicted molar refractivity (Wildman–Crippen MR) is 73.8 cm³/mol. The number of sulfone groups is 1. The molecule has 0 aliphatic heterocycles. The first-order chi connectivity index (χ1) is 8.34. The molecule has 0 amide bonds. The third-order valence-corrected chi connectivity index (χ3v) is 4.88. The fourth-order valence-corrected chi connectivity index (χ4v) is 3.32. The standard InChI is InChI=1S/C12H15Cl2FO2S/c1-18(16,17)7-6-12(8-13,9-14)10-4-2-3-5-11(10)15/h2-5H,6-9H2,1H3. The molecule has 2 nitrogen and oxygen atoms in total. The second-order valence-corrected chi connectivity index (χ2v) is 7.20.